The molecule has 2 aromatic rings. The van der Waals surface area contributed by atoms with Gasteiger partial charge in [-0.1, -0.05) is 12.1 Å². The fourth-order valence-electron chi connectivity index (χ4n) is 1.12. The second kappa shape index (κ2) is 3.32. The summed E-state index contributed by atoms with van der Waals surface area (Å²) in [6, 6.07) is 6.92. The van der Waals surface area contributed by atoms with Crippen LogP contribution < -0.4 is 0 Å². The van der Waals surface area contributed by atoms with Crippen molar-refractivity contribution in [1.29, 1.82) is 0 Å². The molecule has 1 aromatic carbocycles. The molecule has 1 heterocycles. The summed E-state index contributed by atoms with van der Waals surface area (Å²) < 4.78 is 29.6. The van der Waals surface area contributed by atoms with Gasteiger partial charge in [0.1, 0.15) is 5.52 Å². The number of hydrogen-bond donors (Lipinski definition) is 0. The molecule has 0 aliphatic carbocycles. The number of rotatable bonds is 2. The maximum absolute atomic E-state index is 11.7. The molecule has 0 bridgehead atoms. The first-order valence-electron chi connectivity index (χ1n) is 4.30. The molecule has 15 heavy (non-hydrogen) atoms. The molecule has 0 aliphatic rings. The van der Waals surface area contributed by atoms with Crippen LogP contribution in [0.1, 0.15) is 0 Å². The number of oxazole rings is 1. The van der Waals surface area contributed by atoms with Crippen LogP contribution >= 0.6 is 0 Å². The predicted octanol–water partition coefficient (Wildman–Crippen LogP) is 1.08. The minimum absolute atomic E-state index is 0.270. The largest absolute Gasteiger partial charge is 0.427 e. The Morgan fingerprint density at radius 1 is 1.27 bits per heavy atom. The summed E-state index contributed by atoms with van der Waals surface area (Å²) >= 11 is 0. The molecule has 6 heteroatoms. The first kappa shape index (κ1) is 10.1. The van der Waals surface area contributed by atoms with Gasteiger partial charge in [-0.25, -0.2) is 8.42 Å². The number of hydrogen-bond acceptors (Lipinski definition) is 4. The van der Waals surface area contributed by atoms with E-state index in [0.29, 0.717) is 11.1 Å². The third-order valence-corrected chi connectivity index (χ3v) is 3.55. The Hall–Kier alpha value is -1.40. The summed E-state index contributed by atoms with van der Waals surface area (Å²) in [4.78, 5) is 3.91. The minimum atomic E-state index is -3.58. The van der Waals surface area contributed by atoms with E-state index >= 15 is 0 Å². The van der Waals surface area contributed by atoms with E-state index in [0.717, 1.165) is 4.31 Å². The maximum Gasteiger partial charge on any atom is 0.332 e. The lowest BCUT2D eigenvalue weighted by atomic mass is 10.3. The number of para-hydroxylation sites is 2. The summed E-state index contributed by atoms with van der Waals surface area (Å²) in [7, 11) is -0.714. The second-order valence-corrected chi connectivity index (χ2v) is 5.26. The first-order chi connectivity index (χ1) is 7.01. The molecule has 0 unspecified atom stereocenters. The Labute approximate surface area is 87.4 Å². The van der Waals surface area contributed by atoms with Crippen LogP contribution in [-0.2, 0) is 10.0 Å². The molecule has 0 radical (unpaired) electrons. The molecular formula is C9H10N2O3S. The quantitative estimate of drug-likeness (QED) is 0.768. The van der Waals surface area contributed by atoms with Crippen molar-refractivity contribution in [2.24, 2.45) is 0 Å². The van der Waals surface area contributed by atoms with Gasteiger partial charge in [0.25, 0.3) is 10.0 Å². The van der Waals surface area contributed by atoms with E-state index in [-0.39, 0.29) is 5.22 Å². The molecule has 80 valence electrons. The first-order valence-corrected chi connectivity index (χ1v) is 5.74. The zero-order chi connectivity index (χ0) is 11.1. The van der Waals surface area contributed by atoms with Crippen LogP contribution in [0.15, 0.2) is 33.9 Å². The number of benzene rings is 1. The highest BCUT2D eigenvalue weighted by molar-refractivity contribution is 7.88. The molecule has 0 saturated heterocycles. The smallest absolute Gasteiger partial charge is 0.332 e. The van der Waals surface area contributed by atoms with E-state index < -0.39 is 10.0 Å². The van der Waals surface area contributed by atoms with Crippen LogP contribution in [-0.4, -0.2) is 31.8 Å². The van der Waals surface area contributed by atoms with Crippen molar-refractivity contribution in [3.05, 3.63) is 24.3 Å². The average molecular weight is 226 g/mol. The van der Waals surface area contributed by atoms with Gasteiger partial charge in [-0.15, -0.1) is 0 Å². The van der Waals surface area contributed by atoms with Crippen LogP contribution in [0.4, 0.5) is 0 Å². The SMILES string of the molecule is CN(C)S(=O)(=O)c1nc2ccccc2o1. The van der Waals surface area contributed by atoms with Gasteiger partial charge in [-0.2, -0.15) is 9.29 Å². The van der Waals surface area contributed by atoms with E-state index in [1.54, 1.807) is 24.3 Å². The fourth-order valence-corrected chi connectivity index (χ4v) is 1.84. The van der Waals surface area contributed by atoms with Crippen LogP contribution in [0.25, 0.3) is 11.1 Å². The summed E-state index contributed by atoms with van der Waals surface area (Å²) in [6.07, 6.45) is 0. The van der Waals surface area contributed by atoms with Gasteiger partial charge < -0.3 is 4.42 Å². The Kier molecular flexibility index (Phi) is 2.24. The van der Waals surface area contributed by atoms with Crippen molar-refractivity contribution in [3.63, 3.8) is 0 Å². The highest BCUT2D eigenvalue weighted by Crippen LogP contribution is 2.19. The monoisotopic (exact) mass is 226 g/mol. The summed E-state index contributed by atoms with van der Waals surface area (Å²) in [5, 5.41) is -0.270. The summed E-state index contributed by atoms with van der Waals surface area (Å²) in [5.74, 6) is 0. The summed E-state index contributed by atoms with van der Waals surface area (Å²) in [6.45, 7) is 0. The molecule has 2 rings (SSSR count). The minimum Gasteiger partial charge on any atom is -0.427 e. The van der Waals surface area contributed by atoms with E-state index in [1.165, 1.54) is 14.1 Å². The standard InChI is InChI=1S/C9H10N2O3S/c1-11(2)15(12,13)9-10-7-5-3-4-6-8(7)14-9/h3-6H,1-2H3. The van der Waals surface area contributed by atoms with Gasteiger partial charge in [-0.05, 0) is 12.1 Å². The lowest BCUT2D eigenvalue weighted by Gasteiger charge is -2.05. The Balaban J connectivity index is 2.64. The molecular weight excluding hydrogens is 216 g/mol. The van der Waals surface area contributed by atoms with Crippen molar-refractivity contribution in [2.45, 2.75) is 5.22 Å². The topological polar surface area (TPSA) is 63.4 Å². The normalized spacial score (nSPS) is 12.5. The summed E-state index contributed by atoms with van der Waals surface area (Å²) in [5.41, 5.74) is 1.01. The van der Waals surface area contributed by atoms with Gasteiger partial charge in [0.2, 0.25) is 0 Å². The number of sulfonamides is 1. The highest BCUT2D eigenvalue weighted by atomic mass is 32.2. The number of aromatic nitrogens is 1. The van der Waals surface area contributed by atoms with Gasteiger partial charge in [0.05, 0.1) is 0 Å². The molecule has 0 spiro atoms. The highest BCUT2D eigenvalue weighted by Gasteiger charge is 2.23. The van der Waals surface area contributed by atoms with Crippen LogP contribution in [0.2, 0.25) is 0 Å². The average Bonchev–Trinajstić information content (AvgIpc) is 2.61. The lowest BCUT2D eigenvalue weighted by molar-refractivity contribution is 0.430. The Morgan fingerprint density at radius 2 is 1.93 bits per heavy atom. The molecule has 0 saturated carbocycles. The predicted molar refractivity (Wildman–Crippen MR) is 54.9 cm³/mol. The van der Waals surface area contributed by atoms with Crippen molar-refractivity contribution in [2.75, 3.05) is 14.1 Å². The van der Waals surface area contributed by atoms with Gasteiger partial charge in [-0.3, -0.25) is 0 Å². The van der Waals surface area contributed by atoms with E-state index in [9.17, 15) is 8.42 Å². The van der Waals surface area contributed by atoms with Gasteiger partial charge in [0.15, 0.2) is 5.58 Å². The van der Waals surface area contributed by atoms with E-state index in [2.05, 4.69) is 4.98 Å². The maximum atomic E-state index is 11.7. The van der Waals surface area contributed by atoms with Crippen molar-refractivity contribution < 1.29 is 12.8 Å². The van der Waals surface area contributed by atoms with Crippen molar-refractivity contribution in [1.82, 2.24) is 9.29 Å². The second-order valence-electron chi connectivity index (χ2n) is 3.23. The molecule has 0 amide bonds. The number of fused-ring (bicyclic) bond motifs is 1. The number of nitrogens with zero attached hydrogens (tertiary/aromatic N) is 2. The fraction of sp³-hybridized carbons (Fsp3) is 0.222. The third-order valence-electron chi connectivity index (χ3n) is 1.98. The van der Waals surface area contributed by atoms with E-state index in [4.69, 9.17) is 4.42 Å². The Bertz CT molecular complexity index is 553. The third kappa shape index (κ3) is 1.62. The zero-order valence-corrected chi connectivity index (χ0v) is 9.15. The van der Waals surface area contributed by atoms with Crippen LogP contribution in [0, 0.1) is 0 Å². The van der Waals surface area contributed by atoms with Gasteiger partial charge in [0, 0.05) is 14.1 Å². The zero-order valence-electron chi connectivity index (χ0n) is 8.34. The molecule has 0 atom stereocenters. The molecule has 0 N–H and O–H groups in total. The molecule has 5 nitrogen and oxygen atoms in total. The Morgan fingerprint density at radius 3 is 2.53 bits per heavy atom. The lowest BCUT2D eigenvalue weighted by Crippen LogP contribution is -2.22. The van der Waals surface area contributed by atoms with E-state index in [1.807, 2.05) is 0 Å². The molecule has 0 aliphatic heterocycles. The van der Waals surface area contributed by atoms with Crippen LogP contribution in [0.5, 0.6) is 0 Å². The molecule has 1 aromatic heterocycles. The van der Waals surface area contributed by atoms with Gasteiger partial charge >= 0.3 is 5.22 Å². The van der Waals surface area contributed by atoms with Crippen molar-refractivity contribution >= 4 is 21.1 Å². The van der Waals surface area contributed by atoms with Crippen LogP contribution in [0.3, 0.4) is 0 Å². The van der Waals surface area contributed by atoms with Crippen molar-refractivity contribution in [3.8, 4) is 0 Å². The molecule has 0 fully saturated rings.